The van der Waals surface area contributed by atoms with Gasteiger partial charge in [-0.25, -0.2) is 9.78 Å². The van der Waals surface area contributed by atoms with Crippen LogP contribution in [0.5, 0.6) is 0 Å². The summed E-state index contributed by atoms with van der Waals surface area (Å²) in [6.07, 6.45) is 7.36. The third-order valence-electron chi connectivity index (χ3n) is 5.09. The number of aromatic nitrogens is 2. The minimum Gasteiger partial charge on any atom is -0.345 e. The normalized spacial score (nSPS) is 17.9. The smallest absolute Gasteiger partial charge is 0.325 e. The van der Waals surface area contributed by atoms with Gasteiger partial charge in [0.25, 0.3) is 5.91 Å². The fraction of sp³-hybridized carbons (Fsp3) is 0.400. The van der Waals surface area contributed by atoms with Crippen LogP contribution in [0.3, 0.4) is 0 Å². The van der Waals surface area contributed by atoms with E-state index in [0.717, 1.165) is 18.7 Å². The molecule has 2 fully saturated rings. The summed E-state index contributed by atoms with van der Waals surface area (Å²) < 4.78 is 0. The summed E-state index contributed by atoms with van der Waals surface area (Å²) in [6, 6.07) is 7.06. The number of amides is 3. The number of hydrogen-bond acceptors (Lipinski definition) is 4. The number of hydrogen-bond donors (Lipinski definition) is 1. The molecule has 2 aliphatic rings. The Hall–Kier alpha value is -2.96. The Bertz CT molecular complexity index is 820. The Morgan fingerprint density at radius 1 is 1.26 bits per heavy atom. The highest BCUT2D eigenvalue weighted by Crippen LogP contribution is 2.31. The second-order valence-corrected chi connectivity index (χ2v) is 7.21. The van der Waals surface area contributed by atoms with Crippen molar-refractivity contribution in [2.24, 2.45) is 5.92 Å². The summed E-state index contributed by atoms with van der Waals surface area (Å²) in [6.45, 7) is 4.20. The van der Waals surface area contributed by atoms with Crippen molar-refractivity contribution in [3.05, 3.63) is 54.0 Å². The first kappa shape index (κ1) is 17.5. The highest BCUT2D eigenvalue weighted by Gasteiger charge is 2.34. The standard InChI is InChI=1S/C20H23N5O2/c1-14(23-19(26)17-3-2-8-21-11-17)16-6-7-18(22-12-16)25-10-9-24(20(25)27)13-15-4-5-15/h2-3,6-8,11-12,14-15H,4-5,9-10,13H2,1H3,(H,23,26)/t14-/m0/s1. The zero-order valence-corrected chi connectivity index (χ0v) is 15.3. The first-order chi connectivity index (χ1) is 13.1. The molecule has 7 nitrogen and oxygen atoms in total. The van der Waals surface area contributed by atoms with Crippen LogP contribution in [0.4, 0.5) is 10.6 Å². The van der Waals surface area contributed by atoms with Gasteiger partial charge in [-0.1, -0.05) is 6.07 Å². The van der Waals surface area contributed by atoms with Crippen LogP contribution in [0.2, 0.25) is 0 Å². The Morgan fingerprint density at radius 3 is 2.78 bits per heavy atom. The van der Waals surface area contributed by atoms with E-state index < -0.39 is 0 Å². The Kier molecular flexibility index (Phi) is 4.75. The average molecular weight is 365 g/mol. The van der Waals surface area contributed by atoms with Gasteiger partial charge in [-0.15, -0.1) is 0 Å². The molecule has 4 rings (SSSR count). The molecule has 0 bridgehead atoms. The maximum Gasteiger partial charge on any atom is 0.325 e. The van der Waals surface area contributed by atoms with E-state index in [1.54, 1.807) is 29.4 Å². The highest BCUT2D eigenvalue weighted by atomic mass is 16.2. The van der Waals surface area contributed by atoms with Gasteiger partial charge < -0.3 is 10.2 Å². The van der Waals surface area contributed by atoms with Crippen LogP contribution in [-0.4, -0.2) is 46.4 Å². The van der Waals surface area contributed by atoms with Gasteiger partial charge in [0.2, 0.25) is 0 Å². The zero-order valence-electron chi connectivity index (χ0n) is 15.3. The van der Waals surface area contributed by atoms with Gasteiger partial charge >= 0.3 is 6.03 Å². The van der Waals surface area contributed by atoms with Gasteiger partial charge in [0.1, 0.15) is 5.82 Å². The highest BCUT2D eigenvalue weighted by molar-refractivity contribution is 5.94. The van der Waals surface area contributed by atoms with Crippen molar-refractivity contribution in [2.75, 3.05) is 24.5 Å². The minimum atomic E-state index is -0.195. The van der Waals surface area contributed by atoms with Crippen molar-refractivity contribution < 1.29 is 9.59 Å². The zero-order chi connectivity index (χ0) is 18.8. The SMILES string of the molecule is C[C@H](NC(=O)c1cccnc1)c1ccc(N2CCN(CC3CC3)C2=O)nc1. The van der Waals surface area contributed by atoms with E-state index in [1.807, 2.05) is 24.0 Å². The lowest BCUT2D eigenvalue weighted by molar-refractivity contribution is 0.0939. The van der Waals surface area contributed by atoms with E-state index in [0.29, 0.717) is 23.8 Å². The quantitative estimate of drug-likeness (QED) is 0.853. The molecule has 1 aliphatic heterocycles. The van der Waals surface area contributed by atoms with E-state index in [9.17, 15) is 9.59 Å². The summed E-state index contributed by atoms with van der Waals surface area (Å²) in [5, 5.41) is 2.94. The number of nitrogens with zero attached hydrogens (tertiary/aromatic N) is 4. The Morgan fingerprint density at radius 2 is 2.11 bits per heavy atom. The second-order valence-electron chi connectivity index (χ2n) is 7.21. The number of carbonyl (C=O) groups is 2. The Balaban J connectivity index is 1.38. The number of urea groups is 1. The molecule has 0 unspecified atom stereocenters. The van der Waals surface area contributed by atoms with E-state index in [1.165, 1.54) is 19.0 Å². The summed E-state index contributed by atoms with van der Waals surface area (Å²) in [7, 11) is 0. The van der Waals surface area contributed by atoms with Crippen molar-refractivity contribution >= 4 is 17.8 Å². The van der Waals surface area contributed by atoms with Crippen LogP contribution in [0.25, 0.3) is 0 Å². The van der Waals surface area contributed by atoms with Gasteiger partial charge in [0.05, 0.1) is 11.6 Å². The van der Waals surface area contributed by atoms with Gasteiger partial charge in [-0.3, -0.25) is 14.7 Å². The molecule has 0 spiro atoms. The van der Waals surface area contributed by atoms with Gasteiger partial charge in [-0.2, -0.15) is 0 Å². The summed E-state index contributed by atoms with van der Waals surface area (Å²) in [5.74, 6) is 1.17. The first-order valence-electron chi connectivity index (χ1n) is 9.35. The molecule has 1 N–H and O–H groups in total. The molecule has 7 heteroatoms. The number of rotatable bonds is 6. The summed E-state index contributed by atoms with van der Waals surface area (Å²) in [4.78, 5) is 36.9. The molecule has 0 aromatic carbocycles. The maximum atomic E-state index is 12.5. The molecule has 1 saturated carbocycles. The van der Waals surface area contributed by atoms with Gasteiger partial charge in [0, 0.05) is 38.2 Å². The van der Waals surface area contributed by atoms with E-state index in [4.69, 9.17) is 0 Å². The fourth-order valence-electron chi connectivity index (χ4n) is 3.25. The molecule has 1 aliphatic carbocycles. The number of nitrogens with one attached hydrogen (secondary N) is 1. The van der Waals surface area contributed by atoms with Crippen LogP contribution < -0.4 is 10.2 Å². The van der Waals surface area contributed by atoms with E-state index >= 15 is 0 Å². The van der Waals surface area contributed by atoms with Crippen molar-refractivity contribution in [2.45, 2.75) is 25.8 Å². The lowest BCUT2D eigenvalue weighted by atomic mass is 10.1. The first-order valence-corrected chi connectivity index (χ1v) is 9.35. The van der Waals surface area contributed by atoms with E-state index in [2.05, 4.69) is 15.3 Å². The van der Waals surface area contributed by atoms with Crippen LogP contribution in [0, 0.1) is 5.92 Å². The van der Waals surface area contributed by atoms with Crippen LogP contribution >= 0.6 is 0 Å². The average Bonchev–Trinajstić information content (AvgIpc) is 3.45. The predicted molar refractivity (Wildman–Crippen MR) is 101 cm³/mol. The van der Waals surface area contributed by atoms with Crippen LogP contribution in [0.1, 0.15) is 41.7 Å². The maximum absolute atomic E-state index is 12.5. The fourth-order valence-corrected chi connectivity index (χ4v) is 3.25. The third kappa shape index (κ3) is 3.92. The van der Waals surface area contributed by atoms with Crippen LogP contribution in [-0.2, 0) is 0 Å². The molecule has 140 valence electrons. The van der Waals surface area contributed by atoms with E-state index in [-0.39, 0.29) is 18.0 Å². The Labute approximate surface area is 158 Å². The third-order valence-corrected chi connectivity index (χ3v) is 5.09. The molecule has 1 atom stereocenters. The monoisotopic (exact) mass is 365 g/mol. The molecule has 2 aromatic rings. The van der Waals surface area contributed by atoms with Gasteiger partial charge in [-0.05, 0) is 49.4 Å². The summed E-state index contributed by atoms with van der Waals surface area (Å²) >= 11 is 0. The van der Waals surface area contributed by atoms with Crippen molar-refractivity contribution in [1.82, 2.24) is 20.2 Å². The molecular weight excluding hydrogens is 342 g/mol. The molecule has 2 aromatic heterocycles. The van der Waals surface area contributed by atoms with Crippen molar-refractivity contribution in [3.8, 4) is 0 Å². The van der Waals surface area contributed by atoms with Crippen molar-refractivity contribution in [1.29, 1.82) is 0 Å². The lowest BCUT2D eigenvalue weighted by Gasteiger charge is -2.19. The van der Waals surface area contributed by atoms with Crippen molar-refractivity contribution in [3.63, 3.8) is 0 Å². The topological polar surface area (TPSA) is 78.4 Å². The lowest BCUT2D eigenvalue weighted by Crippen LogP contribution is -2.33. The number of anilines is 1. The predicted octanol–water partition coefficient (Wildman–Crippen LogP) is 2.62. The molecule has 27 heavy (non-hydrogen) atoms. The number of carbonyl (C=O) groups excluding carboxylic acids is 2. The molecular formula is C20H23N5O2. The van der Waals surface area contributed by atoms with Gasteiger partial charge in [0.15, 0.2) is 0 Å². The largest absolute Gasteiger partial charge is 0.345 e. The molecule has 0 radical (unpaired) electrons. The number of pyridine rings is 2. The minimum absolute atomic E-state index is 0.0417. The summed E-state index contributed by atoms with van der Waals surface area (Å²) in [5.41, 5.74) is 1.41. The molecule has 1 saturated heterocycles. The second kappa shape index (κ2) is 7.34. The molecule has 3 amide bonds. The molecule has 3 heterocycles. The van der Waals surface area contributed by atoms with Crippen LogP contribution in [0.15, 0.2) is 42.9 Å².